The average molecular weight is 613 g/mol. The molecule has 6 rings (SSSR count). The van der Waals surface area contributed by atoms with Crippen molar-refractivity contribution in [2.45, 2.75) is 26.2 Å². The molecule has 46 heavy (non-hydrogen) atoms. The first-order valence-electron chi connectivity index (χ1n) is 15.3. The molecule has 0 radical (unpaired) electrons. The fraction of sp³-hybridized carbons (Fsp3) is 0.154. The molecule has 1 heterocycles. The number of carbonyl (C=O) groups is 1. The number of benzene rings is 5. The van der Waals surface area contributed by atoms with E-state index in [1.807, 2.05) is 115 Å². The molecule has 2 N–H and O–H groups in total. The highest BCUT2D eigenvalue weighted by Crippen LogP contribution is 2.40. The van der Waals surface area contributed by atoms with Crippen LogP contribution in [-0.4, -0.2) is 24.5 Å². The molecular formula is C39H36N2O5. The largest absolute Gasteiger partial charge is 0.497 e. The van der Waals surface area contributed by atoms with E-state index >= 15 is 0 Å². The lowest BCUT2D eigenvalue weighted by molar-refractivity contribution is 0.0952. The zero-order chi connectivity index (χ0) is 31.6. The van der Waals surface area contributed by atoms with Crippen molar-refractivity contribution in [2.75, 3.05) is 13.7 Å². The summed E-state index contributed by atoms with van der Waals surface area (Å²) < 4.78 is 24.4. The average Bonchev–Trinajstić information content (AvgIpc) is 3.52. The molecule has 7 nitrogen and oxygen atoms in total. The maximum atomic E-state index is 13.6. The highest BCUT2D eigenvalue weighted by atomic mass is 16.5. The Balaban J connectivity index is 1.26. The number of methoxy groups -OCH3 is 1. The van der Waals surface area contributed by atoms with E-state index in [9.17, 15) is 4.79 Å². The second-order valence-corrected chi connectivity index (χ2v) is 10.9. The Morgan fingerprint density at radius 1 is 0.674 bits per heavy atom. The quantitative estimate of drug-likeness (QED) is 0.131. The van der Waals surface area contributed by atoms with Crippen LogP contribution in [0.2, 0.25) is 0 Å². The number of hydrogen-bond donors (Lipinski definition) is 2. The number of carbonyl (C=O) groups excluding carboxylic acids is 1. The molecule has 0 aliphatic carbocycles. The SMILES string of the molecule is COc1ccc2[nH]cc(CCNC(=O)c3cc(OCc4ccccc4)c(OCc4ccccc4)c(OCc4ccccc4)c3)c2c1. The number of rotatable bonds is 14. The molecule has 0 unspecified atom stereocenters. The fourth-order valence-electron chi connectivity index (χ4n) is 5.17. The number of H-pyrrole nitrogens is 1. The topological polar surface area (TPSA) is 81.8 Å². The van der Waals surface area contributed by atoms with Gasteiger partial charge >= 0.3 is 0 Å². The number of fused-ring (bicyclic) bond motifs is 1. The number of aromatic nitrogens is 1. The summed E-state index contributed by atoms with van der Waals surface area (Å²) in [4.78, 5) is 16.9. The lowest BCUT2D eigenvalue weighted by Gasteiger charge is -2.19. The molecule has 6 aromatic rings. The molecule has 1 amide bonds. The molecule has 0 bridgehead atoms. The van der Waals surface area contributed by atoms with Gasteiger partial charge in [-0.2, -0.15) is 0 Å². The lowest BCUT2D eigenvalue weighted by atomic mass is 10.1. The summed E-state index contributed by atoms with van der Waals surface area (Å²) >= 11 is 0. The Morgan fingerprint density at radius 3 is 1.76 bits per heavy atom. The van der Waals surface area contributed by atoms with Crippen LogP contribution < -0.4 is 24.3 Å². The minimum absolute atomic E-state index is 0.235. The molecule has 1 aromatic heterocycles. The van der Waals surface area contributed by atoms with Gasteiger partial charge in [0.25, 0.3) is 5.91 Å². The van der Waals surface area contributed by atoms with Gasteiger partial charge in [-0.15, -0.1) is 0 Å². The first-order valence-corrected chi connectivity index (χ1v) is 15.3. The third kappa shape index (κ3) is 7.68. The number of aromatic amines is 1. The predicted octanol–water partition coefficient (Wildman–Crippen LogP) is 7.89. The zero-order valence-corrected chi connectivity index (χ0v) is 25.7. The monoisotopic (exact) mass is 612 g/mol. The summed E-state index contributed by atoms with van der Waals surface area (Å²) in [6.07, 6.45) is 2.62. The summed E-state index contributed by atoms with van der Waals surface area (Å²) in [7, 11) is 1.65. The summed E-state index contributed by atoms with van der Waals surface area (Å²) in [5.74, 6) is 1.86. The number of amides is 1. The van der Waals surface area contributed by atoms with Crippen molar-refractivity contribution in [2.24, 2.45) is 0 Å². The maximum Gasteiger partial charge on any atom is 0.251 e. The van der Waals surface area contributed by atoms with Crippen molar-refractivity contribution in [3.8, 4) is 23.0 Å². The predicted molar refractivity (Wildman–Crippen MR) is 180 cm³/mol. The van der Waals surface area contributed by atoms with Crippen LogP contribution in [0.1, 0.15) is 32.6 Å². The Labute approximate surface area is 268 Å². The first-order chi connectivity index (χ1) is 22.7. The molecule has 0 atom stereocenters. The van der Waals surface area contributed by atoms with Gasteiger partial charge in [-0.05, 0) is 59.0 Å². The molecule has 0 aliphatic rings. The van der Waals surface area contributed by atoms with E-state index in [1.165, 1.54) is 0 Å². The van der Waals surface area contributed by atoms with E-state index < -0.39 is 0 Å². The lowest BCUT2D eigenvalue weighted by Crippen LogP contribution is -2.25. The highest BCUT2D eigenvalue weighted by Gasteiger charge is 2.20. The van der Waals surface area contributed by atoms with Crippen molar-refractivity contribution in [1.82, 2.24) is 10.3 Å². The van der Waals surface area contributed by atoms with Gasteiger partial charge in [-0.25, -0.2) is 0 Å². The molecule has 0 saturated heterocycles. The molecule has 0 spiro atoms. The summed E-state index contributed by atoms with van der Waals surface area (Å²) in [6.45, 7) is 1.35. The summed E-state index contributed by atoms with van der Waals surface area (Å²) in [5.41, 5.74) is 5.52. The molecule has 0 fully saturated rings. The molecule has 5 aromatic carbocycles. The van der Waals surface area contributed by atoms with Crippen LogP contribution in [0.25, 0.3) is 10.9 Å². The summed E-state index contributed by atoms with van der Waals surface area (Å²) in [6, 6.07) is 39.0. The van der Waals surface area contributed by atoms with Crippen LogP contribution in [0.3, 0.4) is 0 Å². The maximum absolute atomic E-state index is 13.6. The van der Waals surface area contributed by atoms with Gasteiger partial charge < -0.3 is 29.2 Å². The van der Waals surface area contributed by atoms with Gasteiger partial charge in [0, 0.05) is 29.2 Å². The van der Waals surface area contributed by atoms with Crippen molar-refractivity contribution in [1.29, 1.82) is 0 Å². The molecule has 0 aliphatic heterocycles. The van der Waals surface area contributed by atoms with Crippen LogP contribution in [0.4, 0.5) is 0 Å². The van der Waals surface area contributed by atoms with E-state index in [-0.39, 0.29) is 5.91 Å². The normalized spacial score (nSPS) is 10.8. The molecule has 7 heteroatoms. The second-order valence-electron chi connectivity index (χ2n) is 10.9. The van der Waals surface area contributed by atoms with E-state index in [1.54, 1.807) is 19.2 Å². The number of nitrogens with one attached hydrogen (secondary N) is 2. The fourth-order valence-corrected chi connectivity index (χ4v) is 5.17. The standard InChI is InChI=1S/C39H36N2O5/c1-43-33-17-18-35-34(23-33)31(24-41-35)19-20-40-39(42)32-21-36(44-25-28-11-5-2-6-12-28)38(46-27-30-15-9-4-10-16-30)37(22-32)45-26-29-13-7-3-8-14-29/h2-18,21-24,41H,19-20,25-27H2,1H3,(H,40,42). The number of ether oxygens (including phenoxy) is 4. The third-order valence-corrected chi connectivity index (χ3v) is 7.64. The third-order valence-electron chi connectivity index (χ3n) is 7.64. The van der Waals surface area contributed by atoms with Crippen molar-refractivity contribution in [3.63, 3.8) is 0 Å². The van der Waals surface area contributed by atoms with Crippen LogP contribution >= 0.6 is 0 Å². The van der Waals surface area contributed by atoms with Gasteiger partial charge in [-0.1, -0.05) is 91.0 Å². The highest BCUT2D eigenvalue weighted by molar-refractivity contribution is 5.95. The van der Waals surface area contributed by atoms with E-state index in [0.29, 0.717) is 55.6 Å². The van der Waals surface area contributed by atoms with Crippen LogP contribution in [0.15, 0.2) is 128 Å². The van der Waals surface area contributed by atoms with Crippen LogP contribution in [0.5, 0.6) is 23.0 Å². The van der Waals surface area contributed by atoms with Crippen molar-refractivity contribution < 1.29 is 23.7 Å². The first kappa shape index (κ1) is 30.3. The van der Waals surface area contributed by atoms with E-state index in [2.05, 4.69) is 10.3 Å². The van der Waals surface area contributed by atoms with Gasteiger partial charge in [0.2, 0.25) is 5.75 Å². The van der Waals surface area contributed by atoms with E-state index in [0.717, 1.165) is 38.9 Å². The Morgan fingerprint density at radius 2 is 1.22 bits per heavy atom. The Bertz CT molecular complexity index is 1810. The smallest absolute Gasteiger partial charge is 0.251 e. The molecular weight excluding hydrogens is 576 g/mol. The molecule has 232 valence electrons. The minimum Gasteiger partial charge on any atom is -0.497 e. The second kappa shape index (κ2) is 14.9. The van der Waals surface area contributed by atoms with Gasteiger partial charge in [0.1, 0.15) is 25.6 Å². The Kier molecular flexibility index (Phi) is 9.80. The van der Waals surface area contributed by atoms with Gasteiger partial charge in [-0.3, -0.25) is 4.79 Å². The van der Waals surface area contributed by atoms with Crippen LogP contribution in [0, 0.1) is 0 Å². The minimum atomic E-state index is -0.235. The summed E-state index contributed by atoms with van der Waals surface area (Å²) in [5, 5.41) is 4.14. The zero-order valence-electron chi connectivity index (χ0n) is 25.7. The number of hydrogen-bond acceptors (Lipinski definition) is 5. The van der Waals surface area contributed by atoms with Crippen molar-refractivity contribution in [3.05, 3.63) is 155 Å². The van der Waals surface area contributed by atoms with Crippen LogP contribution in [-0.2, 0) is 26.2 Å². The van der Waals surface area contributed by atoms with Gasteiger partial charge in [0.15, 0.2) is 11.5 Å². The van der Waals surface area contributed by atoms with E-state index in [4.69, 9.17) is 18.9 Å². The van der Waals surface area contributed by atoms with Crippen molar-refractivity contribution >= 4 is 16.8 Å². The molecule has 0 saturated carbocycles. The van der Waals surface area contributed by atoms with Gasteiger partial charge in [0.05, 0.1) is 7.11 Å². The Hall–Kier alpha value is -5.69.